The smallest absolute Gasteiger partial charge is 0.0245 e. The van der Waals surface area contributed by atoms with E-state index in [1.165, 1.54) is 19.5 Å². The lowest BCUT2D eigenvalue weighted by Crippen LogP contribution is -2.37. The van der Waals surface area contributed by atoms with E-state index in [-0.39, 0.29) is 0 Å². The first-order valence-corrected chi connectivity index (χ1v) is 8.01. The zero-order valence-electron chi connectivity index (χ0n) is 11.9. The molecule has 0 saturated heterocycles. The largest absolute Gasteiger partial charge is 0.316 e. The Morgan fingerprint density at radius 1 is 1.33 bits per heavy atom. The third kappa shape index (κ3) is 4.08. The predicted molar refractivity (Wildman–Crippen MR) is 80.2 cm³/mol. The highest BCUT2D eigenvalue weighted by molar-refractivity contribution is 7.10. The Labute approximate surface area is 115 Å². The second-order valence-electron chi connectivity index (χ2n) is 6.01. The van der Waals surface area contributed by atoms with Crippen LogP contribution in [0.3, 0.4) is 0 Å². The topological polar surface area (TPSA) is 15.3 Å². The monoisotopic (exact) mass is 266 g/mol. The molecule has 0 aliphatic carbocycles. The quantitative estimate of drug-likeness (QED) is 0.851. The van der Waals surface area contributed by atoms with Crippen molar-refractivity contribution in [3.8, 4) is 0 Å². The highest BCUT2D eigenvalue weighted by Gasteiger charge is 2.18. The molecule has 1 aliphatic rings. The van der Waals surface area contributed by atoms with Gasteiger partial charge in [-0.1, -0.05) is 20.8 Å². The SMILES string of the molecule is CC(C)CNCC(C)CN1CCc2sccc2C1. The number of nitrogens with zero attached hydrogens (tertiary/aromatic N) is 1. The number of rotatable bonds is 6. The van der Waals surface area contributed by atoms with Crippen LogP contribution >= 0.6 is 11.3 Å². The molecular formula is C15H26N2S. The molecule has 18 heavy (non-hydrogen) atoms. The molecule has 0 fully saturated rings. The summed E-state index contributed by atoms with van der Waals surface area (Å²) in [5, 5.41) is 5.80. The summed E-state index contributed by atoms with van der Waals surface area (Å²) in [5.41, 5.74) is 1.56. The van der Waals surface area contributed by atoms with Crippen LogP contribution in [0.25, 0.3) is 0 Å². The molecule has 1 atom stereocenters. The summed E-state index contributed by atoms with van der Waals surface area (Å²) in [6.45, 7) is 12.8. The Morgan fingerprint density at radius 3 is 2.94 bits per heavy atom. The lowest BCUT2D eigenvalue weighted by atomic mass is 10.1. The van der Waals surface area contributed by atoms with Gasteiger partial charge in [0.1, 0.15) is 0 Å². The summed E-state index contributed by atoms with van der Waals surface area (Å²) < 4.78 is 0. The van der Waals surface area contributed by atoms with Gasteiger partial charge >= 0.3 is 0 Å². The van der Waals surface area contributed by atoms with Crippen LogP contribution in [0, 0.1) is 11.8 Å². The van der Waals surface area contributed by atoms with Gasteiger partial charge in [0.15, 0.2) is 0 Å². The van der Waals surface area contributed by atoms with E-state index < -0.39 is 0 Å². The van der Waals surface area contributed by atoms with Gasteiger partial charge in [-0.15, -0.1) is 11.3 Å². The van der Waals surface area contributed by atoms with Crippen molar-refractivity contribution in [1.29, 1.82) is 0 Å². The first-order valence-electron chi connectivity index (χ1n) is 7.13. The van der Waals surface area contributed by atoms with Gasteiger partial charge in [0.25, 0.3) is 0 Å². The Bertz CT molecular complexity index is 359. The van der Waals surface area contributed by atoms with Crippen LogP contribution in [0.2, 0.25) is 0 Å². The summed E-state index contributed by atoms with van der Waals surface area (Å²) in [5.74, 6) is 1.49. The maximum Gasteiger partial charge on any atom is 0.0245 e. The molecule has 0 spiro atoms. The van der Waals surface area contributed by atoms with Crippen LogP contribution in [0.15, 0.2) is 11.4 Å². The number of nitrogens with one attached hydrogen (secondary N) is 1. The minimum Gasteiger partial charge on any atom is -0.316 e. The Kier molecular flexibility index (Phi) is 5.22. The second-order valence-corrected chi connectivity index (χ2v) is 7.01. The van der Waals surface area contributed by atoms with Gasteiger partial charge in [0, 0.05) is 24.5 Å². The van der Waals surface area contributed by atoms with Crippen molar-refractivity contribution in [2.24, 2.45) is 11.8 Å². The van der Waals surface area contributed by atoms with E-state index >= 15 is 0 Å². The van der Waals surface area contributed by atoms with Gasteiger partial charge in [-0.05, 0) is 48.4 Å². The number of thiophene rings is 1. The van der Waals surface area contributed by atoms with Gasteiger partial charge in [0.2, 0.25) is 0 Å². The van der Waals surface area contributed by atoms with Gasteiger partial charge < -0.3 is 5.32 Å². The van der Waals surface area contributed by atoms with Crippen molar-refractivity contribution in [3.05, 3.63) is 21.9 Å². The van der Waals surface area contributed by atoms with Crippen LogP contribution in [0.5, 0.6) is 0 Å². The molecule has 0 saturated carbocycles. The number of fused-ring (bicyclic) bond motifs is 1. The maximum absolute atomic E-state index is 3.56. The summed E-state index contributed by atoms with van der Waals surface area (Å²) >= 11 is 1.92. The van der Waals surface area contributed by atoms with Crippen molar-refractivity contribution in [2.45, 2.75) is 33.7 Å². The zero-order chi connectivity index (χ0) is 13.0. The second kappa shape index (κ2) is 6.69. The summed E-state index contributed by atoms with van der Waals surface area (Å²) in [7, 11) is 0. The van der Waals surface area contributed by atoms with Crippen LogP contribution in [-0.2, 0) is 13.0 Å². The van der Waals surface area contributed by atoms with E-state index in [0.29, 0.717) is 0 Å². The van der Waals surface area contributed by atoms with E-state index in [2.05, 4.69) is 42.4 Å². The minimum absolute atomic E-state index is 0.740. The van der Waals surface area contributed by atoms with Crippen molar-refractivity contribution < 1.29 is 0 Å². The molecule has 1 aromatic heterocycles. The van der Waals surface area contributed by atoms with E-state index in [0.717, 1.165) is 31.5 Å². The molecule has 2 rings (SSSR count). The first-order chi connectivity index (χ1) is 8.65. The van der Waals surface area contributed by atoms with E-state index in [9.17, 15) is 0 Å². The molecule has 2 heterocycles. The molecule has 1 N–H and O–H groups in total. The van der Waals surface area contributed by atoms with Gasteiger partial charge in [0.05, 0.1) is 0 Å². The van der Waals surface area contributed by atoms with Crippen LogP contribution in [0.4, 0.5) is 0 Å². The molecule has 0 aromatic carbocycles. The van der Waals surface area contributed by atoms with Crippen molar-refractivity contribution in [1.82, 2.24) is 10.2 Å². The van der Waals surface area contributed by atoms with E-state index in [1.54, 1.807) is 10.4 Å². The Hall–Kier alpha value is -0.380. The molecule has 0 radical (unpaired) electrons. The standard InChI is InChI=1S/C15H26N2S/c1-12(2)8-16-9-13(3)10-17-6-4-15-14(11-17)5-7-18-15/h5,7,12-13,16H,4,6,8-11H2,1-3H3. The van der Waals surface area contributed by atoms with Crippen LogP contribution < -0.4 is 5.32 Å². The average Bonchev–Trinajstić information content (AvgIpc) is 2.75. The van der Waals surface area contributed by atoms with Crippen molar-refractivity contribution in [2.75, 3.05) is 26.2 Å². The lowest BCUT2D eigenvalue weighted by Gasteiger charge is -2.29. The highest BCUT2D eigenvalue weighted by atomic mass is 32.1. The predicted octanol–water partition coefficient (Wildman–Crippen LogP) is 2.99. The molecule has 0 bridgehead atoms. The molecule has 2 nitrogen and oxygen atoms in total. The third-order valence-corrected chi connectivity index (χ3v) is 4.52. The zero-order valence-corrected chi connectivity index (χ0v) is 12.7. The molecule has 3 heteroatoms. The summed E-state index contributed by atoms with van der Waals surface area (Å²) in [6, 6.07) is 2.30. The highest BCUT2D eigenvalue weighted by Crippen LogP contribution is 2.24. The van der Waals surface area contributed by atoms with Gasteiger partial charge in [-0.25, -0.2) is 0 Å². The Morgan fingerprint density at radius 2 is 2.17 bits per heavy atom. The molecule has 102 valence electrons. The van der Waals surface area contributed by atoms with E-state index in [4.69, 9.17) is 0 Å². The van der Waals surface area contributed by atoms with Gasteiger partial charge in [-0.3, -0.25) is 4.90 Å². The molecule has 0 amide bonds. The minimum atomic E-state index is 0.740. The van der Waals surface area contributed by atoms with E-state index in [1.807, 2.05) is 11.3 Å². The Balaban J connectivity index is 1.71. The summed E-state index contributed by atoms with van der Waals surface area (Å²) in [4.78, 5) is 4.22. The molecule has 1 aliphatic heterocycles. The fourth-order valence-corrected chi connectivity index (χ4v) is 3.48. The van der Waals surface area contributed by atoms with Gasteiger partial charge in [-0.2, -0.15) is 0 Å². The van der Waals surface area contributed by atoms with Crippen LogP contribution in [0.1, 0.15) is 31.2 Å². The van der Waals surface area contributed by atoms with Crippen LogP contribution in [-0.4, -0.2) is 31.1 Å². The average molecular weight is 266 g/mol. The fraction of sp³-hybridized carbons (Fsp3) is 0.733. The summed E-state index contributed by atoms with van der Waals surface area (Å²) in [6.07, 6.45) is 1.25. The molecule has 1 aromatic rings. The first kappa shape index (κ1) is 14.0. The molecule has 1 unspecified atom stereocenters. The number of hydrogen-bond donors (Lipinski definition) is 1. The normalized spacial score (nSPS) is 18.0. The molecular weight excluding hydrogens is 240 g/mol. The number of hydrogen-bond acceptors (Lipinski definition) is 3. The third-order valence-electron chi connectivity index (χ3n) is 3.50. The maximum atomic E-state index is 3.56. The lowest BCUT2D eigenvalue weighted by molar-refractivity contribution is 0.218. The van der Waals surface area contributed by atoms with Crippen molar-refractivity contribution >= 4 is 11.3 Å². The fourth-order valence-electron chi connectivity index (χ4n) is 2.59. The van der Waals surface area contributed by atoms with Crippen molar-refractivity contribution in [3.63, 3.8) is 0 Å².